The van der Waals surface area contributed by atoms with Crippen molar-refractivity contribution in [1.29, 1.82) is 0 Å². The SMILES string of the molecule is CCC(=O)N[C@H](CC(C)C)CN1C(=O)C=C(OC)[C@H]1CCC(Cl)(Cl)Cl. The molecule has 0 radical (unpaired) electrons. The van der Waals surface area contributed by atoms with Gasteiger partial charge in [0.15, 0.2) is 3.79 Å². The van der Waals surface area contributed by atoms with E-state index in [4.69, 9.17) is 39.5 Å². The quantitative estimate of drug-likeness (QED) is 0.585. The minimum atomic E-state index is -1.39. The summed E-state index contributed by atoms with van der Waals surface area (Å²) in [4.78, 5) is 25.9. The number of alkyl halides is 3. The Morgan fingerprint density at radius 3 is 2.52 bits per heavy atom. The van der Waals surface area contributed by atoms with Crippen LogP contribution in [0.5, 0.6) is 0 Å². The average Bonchev–Trinajstić information content (AvgIpc) is 2.79. The van der Waals surface area contributed by atoms with E-state index >= 15 is 0 Å². The number of halogens is 3. The molecule has 0 spiro atoms. The lowest BCUT2D eigenvalue weighted by atomic mass is 10.0. The zero-order valence-corrected chi connectivity index (χ0v) is 17.4. The Hall–Kier alpha value is -0.650. The molecule has 1 heterocycles. The predicted molar refractivity (Wildman–Crippen MR) is 102 cm³/mol. The summed E-state index contributed by atoms with van der Waals surface area (Å²) in [5, 5.41) is 3.00. The smallest absolute Gasteiger partial charge is 0.250 e. The molecule has 1 rings (SSSR count). The van der Waals surface area contributed by atoms with Gasteiger partial charge >= 0.3 is 0 Å². The summed E-state index contributed by atoms with van der Waals surface area (Å²) >= 11 is 17.6. The highest BCUT2D eigenvalue weighted by molar-refractivity contribution is 6.67. The third-order valence-corrected chi connectivity index (χ3v) is 4.62. The van der Waals surface area contributed by atoms with Crippen LogP contribution in [0.15, 0.2) is 11.8 Å². The zero-order valence-electron chi connectivity index (χ0n) is 15.2. The van der Waals surface area contributed by atoms with Gasteiger partial charge in [0.1, 0.15) is 5.76 Å². The topological polar surface area (TPSA) is 58.6 Å². The number of carbonyl (C=O) groups excluding carboxylic acids is 2. The minimum absolute atomic E-state index is 0.0324. The molecule has 0 aromatic heterocycles. The molecule has 0 aliphatic carbocycles. The maximum absolute atomic E-state index is 12.4. The van der Waals surface area contributed by atoms with Crippen LogP contribution in [0, 0.1) is 5.92 Å². The lowest BCUT2D eigenvalue weighted by Crippen LogP contribution is -2.48. The minimum Gasteiger partial charge on any atom is -0.499 e. The molecule has 1 aliphatic rings. The fraction of sp³-hybridized carbons (Fsp3) is 0.765. The molecule has 0 aromatic carbocycles. The van der Waals surface area contributed by atoms with Crippen molar-refractivity contribution in [3.05, 3.63) is 11.8 Å². The fourth-order valence-electron chi connectivity index (χ4n) is 2.93. The van der Waals surface area contributed by atoms with Crippen LogP contribution in [-0.2, 0) is 14.3 Å². The van der Waals surface area contributed by atoms with E-state index in [1.165, 1.54) is 13.2 Å². The highest BCUT2D eigenvalue weighted by atomic mass is 35.6. The van der Waals surface area contributed by atoms with Gasteiger partial charge in [0.2, 0.25) is 5.91 Å². The van der Waals surface area contributed by atoms with E-state index in [0.717, 1.165) is 6.42 Å². The van der Waals surface area contributed by atoms with E-state index in [1.807, 2.05) is 0 Å². The first kappa shape index (κ1) is 22.4. The molecule has 0 aromatic rings. The number of hydrogen-bond acceptors (Lipinski definition) is 3. The number of rotatable bonds is 9. The second-order valence-corrected chi connectivity index (χ2v) is 9.17. The van der Waals surface area contributed by atoms with E-state index in [-0.39, 0.29) is 23.9 Å². The van der Waals surface area contributed by atoms with Crippen molar-refractivity contribution in [3.8, 4) is 0 Å². The van der Waals surface area contributed by atoms with Crippen LogP contribution in [0.2, 0.25) is 0 Å². The van der Waals surface area contributed by atoms with Crippen LogP contribution in [0.25, 0.3) is 0 Å². The van der Waals surface area contributed by atoms with Gasteiger partial charge in [-0.2, -0.15) is 0 Å². The van der Waals surface area contributed by atoms with Crippen LogP contribution in [0.4, 0.5) is 0 Å². The molecule has 1 aliphatic heterocycles. The van der Waals surface area contributed by atoms with Gasteiger partial charge in [-0.05, 0) is 25.2 Å². The Labute approximate surface area is 165 Å². The van der Waals surface area contributed by atoms with Gasteiger partial charge in [0.25, 0.3) is 5.91 Å². The maximum atomic E-state index is 12.4. The summed E-state index contributed by atoms with van der Waals surface area (Å²) in [7, 11) is 1.52. The Kier molecular flexibility index (Phi) is 8.85. The lowest BCUT2D eigenvalue weighted by Gasteiger charge is -2.32. The molecule has 5 nitrogen and oxygen atoms in total. The van der Waals surface area contributed by atoms with E-state index in [0.29, 0.717) is 37.5 Å². The van der Waals surface area contributed by atoms with Gasteiger partial charge in [0, 0.05) is 25.1 Å². The van der Waals surface area contributed by atoms with Gasteiger partial charge < -0.3 is 15.0 Å². The van der Waals surface area contributed by atoms with Crippen molar-refractivity contribution < 1.29 is 14.3 Å². The number of methoxy groups -OCH3 is 1. The van der Waals surface area contributed by atoms with E-state index in [2.05, 4.69) is 19.2 Å². The first-order valence-corrected chi connectivity index (χ1v) is 9.63. The summed E-state index contributed by atoms with van der Waals surface area (Å²) in [5.41, 5.74) is 0. The highest BCUT2D eigenvalue weighted by Gasteiger charge is 2.37. The normalized spacial score (nSPS) is 19.2. The fourth-order valence-corrected chi connectivity index (χ4v) is 3.26. The molecular formula is C17H27Cl3N2O3. The van der Waals surface area contributed by atoms with E-state index in [9.17, 15) is 9.59 Å². The van der Waals surface area contributed by atoms with Gasteiger partial charge in [-0.3, -0.25) is 9.59 Å². The van der Waals surface area contributed by atoms with E-state index in [1.54, 1.807) is 11.8 Å². The van der Waals surface area contributed by atoms with Crippen LogP contribution in [0.3, 0.4) is 0 Å². The zero-order chi connectivity index (χ0) is 19.2. The molecule has 2 amide bonds. The van der Waals surface area contributed by atoms with Crippen molar-refractivity contribution in [1.82, 2.24) is 10.2 Å². The van der Waals surface area contributed by atoms with Gasteiger partial charge in [0.05, 0.1) is 13.2 Å². The number of ether oxygens (including phenoxy) is 1. The van der Waals surface area contributed by atoms with E-state index < -0.39 is 3.79 Å². The number of nitrogens with one attached hydrogen (secondary N) is 1. The number of hydrogen-bond donors (Lipinski definition) is 1. The summed E-state index contributed by atoms with van der Waals surface area (Å²) in [5.74, 6) is 0.763. The molecule has 0 saturated heterocycles. The molecule has 0 saturated carbocycles. The first-order valence-electron chi connectivity index (χ1n) is 8.49. The molecule has 0 unspecified atom stereocenters. The molecule has 0 bridgehead atoms. The molecule has 2 atom stereocenters. The molecule has 25 heavy (non-hydrogen) atoms. The van der Waals surface area contributed by atoms with Crippen molar-refractivity contribution in [2.24, 2.45) is 5.92 Å². The molecular weight excluding hydrogens is 387 g/mol. The average molecular weight is 414 g/mol. The van der Waals surface area contributed by atoms with Crippen molar-refractivity contribution in [2.45, 2.75) is 62.3 Å². The second kappa shape index (κ2) is 9.89. The summed E-state index contributed by atoms with van der Waals surface area (Å²) in [6.45, 7) is 6.36. The summed E-state index contributed by atoms with van der Waals surface area (Å²) < 4.78 is 3.95. The number of amides is 2. The first-order chi connectivity index (χ1) is 11.6. The second-order valence-electron chi connectivity index (χ2n) is 6.66. The third kappa shape index (κ3) is 7.63. The van der Waals surface area contributed by atoms with Crippen molar-refractivity contribution >= 4 is 46.6 Å². The summed E-state index contributed by atoms with van der Waals surface area (Å²) in [6, 6.07) is -0.419. The molecule has 0 fully saturated rings. The van der Waals surface area contributed by atoms with Gasteiger partial charge in [-0.25, -0.2) is 0 Å². The number of carbonyl (C=O) groups is 2. The van der Waals surface area contributed by atoms with Crippen LogP contribution >= 0.6 is 34.8 Å². The number of nitrogens with zero attached hydrogens (tertiary/aromatic N) is 1. The van der Waals surface area contributed by atoms with Gasteiger partial charge in [-0.1, -0.05) is 55.6 Å². The van der Waals surface area contributed by atoms with Crippen LogP contribution < -0.4 is 5.32 Å². The van der Waals surface area contributed by atoms with Gasteiger partial charge in [-0.15, -0.1) is 0 Å². The Morgan fingerprint density at radius 2 is 2.04 bits per heavy atom. The van der Waals surface area contributed by atoms with Crippen LogP contribution in [-0.4, -0.2) is 46.2 Å². The Bertz CT molecular complexity index is 504. The molecule has 1 N–H and O–H groups in total. The highest BCUT2D eigenvalue weighted by Crippen LogP contribution is 2.35. The maximum Gasteiger partial charge on any atom is 0.250 e. The Balaban J connectivity index is 2.88. The monoisotopic (exact) mass is 412 g/mol. The molecule has 8 heteroatoms. The standard InChI is InChI=1S/C17H27Cl3N2O3/c1-5-15(23)21-12(8-11(2)3)10-22-13(6-7-17(18,19)20)14(25-4)9-16(22)24/h9,11-13H,5-8,10H2,1-4H3,(H,21,23)/t12-,13-/m1/s1. The lowest BCUT2D eigenvalue weighted by molar-refractivity contribution is -0.128. The van der Waals surface area contributed by atoms with Crippen molar-refractivity contribution in [3.63, 3.8) is 0 Å². The third-order valence-electron chi connectivity index (χ3n) is 4.05. The molecule has 144 valence electrons. The summed E-state index contributed by atoms with van der Waals surface area (Å²) in [6.07, 6.45) is 3.41. The van der Waals surface area contributed by atoms with Crippen molar-refractivity contribution in [2.75, 3.05) is 13.7 Å². The Morgan fingerprint density at radius 1 is 1.40 bits per heavy atom. The predicted octanol–water partition coefficient (Wildman–Crippen LogP) is 3.82. The largest absolute Gasteiger partial charge is 0.499 e. The van der Waals surface area contributed by atoms with Crippen LogP contribution in [0.1, 0.15) is 46.5 Å².